The lowest BCUT2D eigenvalue weighted by molar-refractivity contribution is -0.135. The molecule has 6 nitrogen and oxygen atoms in total. The molecule has 206 valence electrons. The van der Waals surface area contributed by atoms with E-state index >= 15 is 0 Å². The second-order valence-electron chi connectivity index (χ2n) is 9.90. The summed E-state index contributed by atoms with van der Waals surface area (Å²) < 4.78 is 29.2. The van der Waals surface area contributed by atoms with Crippen molar-refractivity contribution in [3.05, 3.63) is 137 Å². The second-order valence-corrected chi connectivity index (χ2v) is 12.1. The number of carbonyl (C=O) groups is 1. The Morgan fingerprint density at radius 2 is 1.23 bits per heavy atom. The zero-order chi connectivity index (χ0) is 28.0. The van der Waals surface area contributed by atoms with Crippen molar-refractivity contribution in [3.63, 3.8) is 0 Å². The Morgan fingerprint density at radius 3 is 1.75 bits per heavy atom. The van der Waals surface area contributed by atoms with Gasteiger partial charge in [-0.05, 0) is 47.4 Å². The van der Waals surface area contributed by atoms with Gasteiger partial charge in [-0.3, -0.25) is 9.69 Å². The highest BCUT2D eigenvalue weighted by Crippen LogP contribution is 2.29. The molecule has 0 bridgehead atoms. The lowest BCUT2D eigenvalue weighted by Crippen LogP contribution is -2.56. The minimum absolute atomic E-state index is 0.0705. The molecule has 1 fully saturated rings. The minimum atomic E-state index is -3.94. The zero-order valence-electron chi connectivity index (χ0n) is 22.1. The summed E-state index contributed by atoms with van der Waals surface area (Å²) in [6.07, 6.45) is 0.253. The van der Waals surface area contributed by atoms with Crippen LogP contribution in [0.5, 0.6) is 0 Å². The number of carbonyl (C=O) groups excluding carboxylic acids is 1. The molecule has 0 spiro atoms. The van der Waals surface area contributed by atoms with Gasteiger partial charge in [0.1, 0.15) is 6.04 Å². The number of benzene rings is 4. The highest BCUT2D eigenvalue weighted by Gasteiger charge is 2.33. The van der Waals surface area contributed by atoms with Crippen LogP contribution in [0.1, 0.15) is 22.7 Å². The lowest BCUT2D eigenvalue weighted by atomic mass is 9.96. The van der Waals surface area contributed by atoms with E-state index in [1.54, 1.807) is 4.90 Å². The number of rotatable bonds is 9. The molecular formula is C32H32ClN3O3S. The van der Waals surface area contributed by atoms with Gasteiger partial charge in [-0.1, -0.05) is 103 Å². The number of halogens is 1. The summed E-state index contributed by atoms with van der Waals surface area (Å²) in [5.41, 5.74) is 3.28. The number of hydrogen-bond donors (Lipinski definition) is 1. The Hall–Kier alpha value is -3.49. The summed E-state index contributed by atoms with van der Waals surface area (Å²) >= 11 is 5.96. The van der Waals surface area contributed by atoms with Gasteiger partial charge in [0.2, 0.25) is 15.9 Å². The number of nitrogens with one attached hydrogen (secondary N) is 1. The maximum Gasteiger partial charge on any atom is 0.241 e. The van der Waals surface area contributed by atoms with E-state index in [2.05, 4.69) is 33.9 Å². The SMILES string of the molecule is O=C([C@@H](Cc1ccccc1)NS(=O)(=O)c1ccc(Cl)cc1)N1CCN(C(c2ccccc2)c2ccccc2)CC1. The van der Waals surface area contributed by atoms with Crippen LogP contribution in [0.3, 0.4) is 0 Å². The van der Waals surface area contributed by atoms with Crippen molar-refractivity contribution in [2.24, 2.45) is 0 Å². The van der Waals surface area contributed by atoms with Crippen LogP contribution in [-0.2, 0) is 21.2 Å². The van der Waals surface area contributed by atoms with Crippen LogP contribution in [-0.4, -0.2) is 56.3 Å². The molecule has 1 aliphatic rings. The van der Waals surface area contributed by atoms with Gasteiger partial charge in [-0.25, -0.2) is 8.42 Å². The first-order valence-electron chi connectivity index (χ1n) is 13.4. The largest absolute Gasteiger partial charge is 0.339 e. The molecule has 5 rings (SSSR count). The minimum Gasteiger partial charge on any atom is -0.339 e. The van der Waals surface area contributed by atoms with E-state index in [1.165, 1.54) is 35.4 Å². The van der Waals surface area contributed by atoms with Crippen LogP contribution < -0.4 is 4.72 Å². The predicted octanol–water partition coefficient (Wildman–Crippen LogP) is 5.16. The fourth-order valence-electron chi connectivity index (χ4n) is 5.20. The maximum atomic E-state index is 13.8. The Labute approximate surface area is 241 Å². The van der Waals surface area contributed by atoms with Gasteiger partial charge in [0, 0.05) is 31.2 Å². The van der Waals surface area contributed by atoms with Crippen LogP contribution in [0, 0.1) is 0 Å². The summed E-state index contributed by atoms with van der Waals surface area (Å²) in [5.74, 6) is -0.225. The summed E-state index contributed by atoms with van der Waals surface area (Å²) in [7, 11) is -3.94. The quantitative estimate of drug-likeness (QED) is 0.300. The molecule has 1 N–H and O–H groups in total. The molecule has 0 aliphatic carbocycles. The topological polar surface area (TPSA) is 69.7 Å². The fraction of sp³-hybridized carbons (Fsp3) is 0.219. The van der Waals surface area contributed by atoms with E-state index in [-0.39, 0.29) is 23.3 Å². The predicted molar refractivity (Wildman–Crippen MR) is 159 cm³/mol. The Balaban J connectivity index is 1.34. The smallest absolute Gasteiger partial charge is 0.241 e. The first-order valence-corrected chi connectivity index (χ1v) is 15.2. The van der Waals surface area contributed by atoms with Crippen molar-refractivity contribution in [3.8, 4) is 0 Å². The van der Waals surface area contributed by atoms with E-state index in [0.717, 1.165) is 5.56 Å². The van der Waals surface area contributed by atoms with E-state index in [4.69, 9.17) is 11.6 Å². The third-order valence-electron chi connectivity index (χ3n) is 7.22. The zero-order valence-corrected chi connectivity index (χ0v) is 23.6. The Kier molecular flexibility index (Phi) is 8.97. The van der Waals surface area contributed by atoms with Gasteiger partial charge in [0.25, 0.3) is 0 Å². The molecule has 1 saturated heterocycles. The number of nitrogens with zero attached hydrogens (tertiary/aromatic N) is 2. The van der Waals surface area contributed by atoms with Crippen molar-refractivity contribution in [2.75, 3.05) is 26.2 Å². The molecular weight excluding hydrogens is 542 g/mol. The number of sulfonamides is 1. The average Bonchev–Trinajstić information content (AvgIpc) is 2.99. The summed E-state index contributed by atoms with van der Waals surface area (Å²) in [5, 5.41) is 0.443. The van der Waals surface area contributed by atoms with Crippen LogP contribution >= 0.6 is 11.6 Å². The van der Waals surface area contributed by atoms with Crippen LogP contribution in [0.15, 0.2) is 120 Å². The molecule has 4 aromatic rings. The molecule has 1 aliphatic heterocycles. The number of hydrogen-bond acceptors (Lipinski definition) is 4. The van der Waals surface area contributed by atoms with E-state index in [1.807, 2.05) is 66.7 Å². The molecule has 1 atom stereocenters. The molecule has 4 aromatic carbocycles. The highest BCUT2D eigenvalue weighted by atomic mass is 35.5. The number of piperazine rings is 1. The van der Waals surface area contributed by atoms with Gasteiger partial charge in [0.15, 0.2) is 0 Å². The van der Waals surface area contributed by atoms with E-state index in [0.29, 0.717) is 31.2 Å². The first-order chi connectivity index (χ1) is 19.4. The first kappa shape index (κ1) is 28.1. The average molecular weight is 574 g/mol. The van der Waals surface area contributed by atoms with Gasteiger partial charge in [0.05, 0.1) is 10.9 Å². The van der Waals surface area contributed by atoms with Gasteiger partial charge < -0.3 is 4.90 Å². The summed E-state index contributed by atoms with van der Waals surface area (Å²) in [6.45, 7) is 2.34. The van der Waals surface area contributed by atoms with Crippen molar-refractivity contribution < 1.29 is 13.2 Å². The lowest BCUT2D eigenvalue weighted by Gasteiger charge is -2.40. The van der Waals surface area contributed by atoms with E-state index in [9.17, 15) is 13.2 Å². The summed E-state index contributed by atoms with van der Waals surface area (Å²) in [4.78, 5) is 18.1. The van der Waals surface area contributed by atoms with Gasteiger partial charge >= 0.3 is 0 Å². The molecule has 0 unspecified atom stereocenters. The normalized spacial score (nSPS) is 15.2. The van der Waals surface area contributed by atoms with Gasteiger partial charge in [-0.2, -0.15) is 4.72 Å². The Bertz CT molecular complexity index is 1450. The highest BCUT2D eigenvalue weighted by molar-refractivity contribution is 7.89. The molecule has 0 saturated carbocycles. The summed E-state index contributed by atoms with van der Waals surface area (Å²) in [6, 6.07) is 35.3. The third-order valence-corrected chi connectivity index (χ3v) is 8.96. The fourth-order valence-corrected chi connectivity index (χ4v) is 6.52. The van der Waals surface area contributed by atoms with E-state index < -0.39 is 16.1 Å². The van der Waals surface area contributed by atoms with Crippen LogP contribution in [0.25, 0.3) is 0 Å². The van der Waals surface area contributed by atoms with Crippen LogP contribution in [0.4, 0.5) is 0 Å². The molecule has 0 aromatic heterocycles. The van der Waals surface area contributed by atoms with Gasteiger partial charge in [-0.15, -0.1) is 0 Å². The van der Waals surface area contributed by atoms with Crippen molar-refractivity contribution >= 4 is 27.5 Å². The molecule has 40 heavy (non-hydrogen) atoms. The van der Waals surface area contributed by atoms with Crippen LogP contribution in [0.2, 0.25) is 5.02 Å². The third kappa shape index (κ3) is 6.80. The second kappa shape index (κ2) is 12.8. The molecule has 1 heterocycles. The molecule has 8 heteroatoms. The standard InChI is InChI=1S/C32H32ClN3O3S/c33-28-16-18-29(19-17-28)40(38,39)34-30(24-25-10-4-1-5-11-25)32(37)36-22-20-35(21-23-36)31(26-12-6-2-7-13-26)27-14-8-3-9-15-27/h1-19,30-31,34H,20-24H2/t30-/m1/s1. The maximum absolute atomic E-state index is 13.8. The monoisotopic (exact) mass is 573 g/mol. The van der Waals surface area contributed by atoms with Crippen molar-refractivity contribution in [1.29, 1.82) is 0 Å². The van der Waals surface area contributed by atoms with Crippen molar-refractivity contribution in [2.45, 2.75) is 23.4 Å². The molecule has 1 amide bonds. The van der Waals surface area contributed by atoms with Crippen molar-refractivity contribution in [1.82, 2.24) is 14.5 Å². The number of amides is 1. The molecule has 0 radical (unpaired) electrons. The Morgan fingerprint density at radius 1 is 0.725 bits per heavy atom.